The number of benzene rings is 1. The van der Waals surface area contributed by atoms with Crippen LogP contribution in [0.4, 0.5) is 27.6 Å². The number of amides is 1. The molecule has 1 aromatic carbocycles. The Kier molecular flexibility index (Phi) is 6.18. The molecule has 2 aromatic rings. The molecule has 164 valence electrons. The van der Waals surface area contributed by atoms with Crippen molar-refractivity contribution in [1.29, 1.82) is 0 Å². The standard InChI is InChI=1S/C19H20F5N3O3/c1-10(9-27-13(11-3-4-11)8-16(26-27)19(22,23)24)17(28)25-12-5-6-14(30-18(20)21)15(7-12)29-2/h5-8,10-11,18H,3-4,9H2,1-2H3,(H,25,28). The fourth-order valence-corrected chi connectivity index (χ4v) is 2.97. The third-order valence-corrected chi connectivity index (χ3v) is 4.64. The van der Waals surface area contributed by atoms with E-state index in [0.717, 1.165) is 18.9 Å². The predicted molar refractivity (Wildman–Crippen MR) is 96.6 cm³/mol. The molecule has 0 radical (unpaired) electrons. The average molecular weight is 433 g/mol. The van der Waals surface area contributed by atoms with E-state index < -0.39 is 30.3 Å². The molecule has 6 nitrogen and oxygen atoms in total. The van der Waals surface area contributed by atoms with Gasteiger partial charge in [0.1, 0.15) is 0 Å². The van der Waals surface area contributed by atoms with Gasteiger partial charge in [0.05, 0.1) is 19.6 Å². The van der Waals surface area contributed by atoms with E-state index in [1.165, 1.54) is 30.0 Å². The number of hydrogen-bond donors (Lipinski definition) is 1. The van der Waals surface area contributed by atoms with Gasteiger partial charge in [-0.1, -0.05) is 6.92 Å². The van der Waals surface area contributed by atoms with E-state index in [4.69, 9.17) is 4.74 Å². The normalized spacial score (nSPS) is 15.2. The highest BCUT2D eigenvalue weighted by molar-refractivity contribution is 5.92. The van der Waals surface area contributed by atoms with Crippen LogP contribution in [0.3, 0.4) is 0 Å². The van der Waals surface area contributed by atoms with Crippen molar-refractivity contribution < 1.29 is 36.2 Å². The first-order chi connectivity index (χ1) is 14.1. The van der Waals surface area contributed by atoms with Crippen LogP contribution in [0, 0.1) is 5.92 Å². The molecule has 1 aliphatic carbocycles. The summed E-state index contributed by atoms with van der Waals surface area (Å²) < 4.78 is 74.4. The summed E-state index contributed by atoms with van der Waals surface area (Å²) in [5.41, 5.74) is -0.238. The summed E-state index contributed by atoms with van der Waals surface area (Å²) in [7, 11) is 1.26. The summed E-state index contributed by atoms with van der Waals surface area (Å²) in [6, 6.07) is 4.93. The zero-order chi connectivity index (χ0) is 22.1. The summed E-state index contributed by atoms with van der Waals surface area (Å²) in [6.07, 6.45) is -2.98. The summed E-state index contributed by atoms with van der Waals surface area (Å²) in [4.78, 5) is 12.5. The maximum atomic E-state index is 13.0. The second kappa shape index (κ2) is 8.49. The minimum atomic E-state index is -4.56. The van der Waals surface area contributed by atoms with Crippen molar-refractivity contribution in [2.75, 3.05) is 12.4 Å². The van der Waals surface area contributed by atoms with Crippen molar-refractivity contribution in [2.45, 2.75) is 45.0 Å². The summed E-state index contributed by atoms with van der Waals surface area (Å²) in [6.45, 7) is -1.50. The molecule has 3 rings (SSSR count). The lowest BCUT2D eigenvalue weighted by atomic mass is 10.1. The minimum absolute atomic E-state index is 0.00123. The molecule has 1 aliphatic rings. The van der Waals surface area contributed by atoms with Crippen LogP contribution in [-0.2, 0) is 17.5 Å². The van der Waals surface area contributed by atoms with E-state index in [0.29, 0.717) is 5.69 Å². The molecule has 1 saturated carbocycles. The maximum absolute atomic E-state index is 13.0. The Morgan fingerprint density at radius 3 is 2.53 bits per heavy atom. The van der Waals surface area contributed by atoms with Gasteiger partial charge in [-0.05, 0) is 31.0 Å². The second-order valence-corrected chi connectivity index (χ2v) is 7.04. The lowest BCUT2D eigenvalue weighted by Crippen LogP contribution is -2.25. The van der Waals surface area contributed by atoms with Crippen LogP contribution in [0.2, 0.25) is 0 Å². The number of carbonyl (C=O) groups excluding carboxylic acids is 1. The van der Waals surface area contributed by atoms with Crippen LogP contribution in [0.1, 0.15) is 37.1 Å². The molecule has 1 N–H and O–H groups in total. The molecule has 11 heteroatoms. The number of rotatable bonds is 8. The number of nitrogens with zero attached hydrogens (tertiary/aromatic N) is 2. The fraction of sp³-hybridized carbons (Fsp3) is 0.474. The quantitative estimate of drug-likeness (QED) is 0.615. The van der Waals surface area contributed by atoms with Crippen LogP contribution in [-0.4, -0.2) is 29.4 Å². The summed E-state index contributed by atoms with van der Waals surface area (Å²) >= 11 is 0. The van der Waals surface area contributed by atoms with Gasteiger partial charge in [-0.3, -0.25) is 9.48 Å². The van der Waals surface area contributed by atoms with Crippen LogP contribution >= 0.6 is 0 Å². The molecular weight excluding hydrogens is 413 g/mol. The zero-order valence-electron chi connectivity index (χ0n) is 16.2. The van der Waals surface area contributed by atoms with Gasteiger partial charge in [0, 0.05) is 23.4 Å². The highest BCUT2D eigenvalue weighted by atomic mass is 19.4. The van der Waals surface area contributed by atoms with Gasteiger partial charge in [-0.15, -0.1) is 0 Å². The Balaban J connectivity index is 1.70. The fourth-order valence-electron chi connectivity index (χ4n) is 2.97. The highest BCUT2D eigenvalue weighted by Crippen LogP contribution is 2.42. The SMILES string of the molecule is COc1cc(NC(=O)C(C)Cn2nc(C(F)(F)F)cc2C2CC2)ccc1OC(F)F. The van der Waals surface area contributed by atoms with Gasteiger partial charge >= 0.3 is 12.8 Å². The first-order valence-corrected chi connectivity index (χ1v) is 9.17. The molecule has 0 saturated heterocycles. The lowest BCUT2D eigenvalue weighted by Gasteiger charge is -2.16. The van der Waals surface area contributed by atoms with Gasteiger partial charge in [0.2, 0.25) is 5.91 Å². The molecule has 0 spiro atoms. The topological polar surface area (TPSA) is 65.4 Å². The van der Waals surface area contributed by atoms with Crippen molar-refractivity contribution in [1.82, 2.24) is 9.78 Å². The number of nitrogens with one attached hydrogen (secondary N) is 1. The van der Waals surface area contributed by atoms with E-state index in [9.17, 15) is 26.7 Å². The number of hydrogen-bond acceptors (Lipinski definition) is 4. The Labute approximate surface area is 169 Å². The molecule has 1 fully saturated rings. The molecule has 0 aliphatic heterocycles. The van der Waals surface area contributed by atoms with E-state index in [1.54, 1.807) is 6.92 Å². The van der Waals surface area contributed by atoms with Crippen molar-refractivity contribution in [3.63, 3.8) is 0 Å². The van der Waals surface area contributed by atoms with Gasteiger partial charge < -0.3 is 14.8 Å². The van der Waals surface area contributed by atoms with Crippen molar-refractivity contribution in [2.24, 2.45) is 5.92 Å². The number of anilines is 1. The monoisotopic (exact) mass is 433 g/mol. The van der Waals surface area contributed by atoms with Crippen molar-refractivity contribution >= 4 is 11.6 Å². The molecule has 1 atom stereocenters. The second-order valence-electron chi connectivity index (χ2n) is 7.04. The third-order valence-electron chi connectivity index (χ3n) is 4.64. The molecule has 1 aromatic heterocycles. The van der Waals surface area contributed by atoms with Gasteiger partial charge in [0.15, 0.2) is 17.2 Å². The minimum Gasteiger partial charge on any atom is -0.493 e. The number of aromatic nitrogens is 2. The lowest BCUT2D eigenvalue weighted by molar-refractivity contribution is -0.141. The van der Waals surface area contributed by atoms with E-state index in [-0.39, 0.29) is 29.6 Å². The molecule has 1 amide bonds. The van der Waals surface area contributed by atoms with Gasteiger partial charge in [-0.25, -0.2) is 0 Å². The Bertz CT molecular complexity index is 909. The molecule has 30 heavy (non-hydrogen) atoms. The number of carbonyl (C=O) groups is 1. The van der Waals surface area contributed by atoms with E-state index >= 15 is 0 Å². The maximum Gasteiger partial charge on any atom is 0.435 e. The van der Waals surface area contributed by atoms with Crippen molar-refractivity contribution in [3.05, 3.63) is 35.7 Å². The van der Waals surface area contributed by atoms with Crippen molar-refractivity contribution in [3.8, 4) is 11.5 Å². The summed E-state index contributed by atoms with van der Waals surface area (Å²) in [5.74, 6) is -1.34. The molecular formula is C19H20F5N3O3. The Morgan fingerprint density at radius 2 is 1.97 bits per heavy atom. The number of ether oxygens (including phenoxy) is 2. The first-order valence-electron chi connectivity index (χ1n) is 9.17. The van der Waals surface area contributed by atoms with Crippen LogP contribution in [0.5, 0.6) is 11.5 Å². The average Bonchev–Trinajstić information content (AvgIpc) is 3.41. The highest BCUT2D eigenvalue weighted by Gasteiger charge is 2.38. The number of alkyl halides is 5. The largest absolute Gasteiger partial charge is 0.493 e. The van der Waals surface area contributed by atoms with Crippen LogP contribution < -0.4 is 14.8 Å². The van der Waals surface area contributed by atoms with Gasteiger partial charge in [-0.2, -0.15) is 27.1 Å². The van der Waals surface area contributed by atoms with Crippen LogP contribution in [0.25, 0.3) is 0 Å². The molecule has 1 heterocycles. The Morgan fingerprint density at radius 1 is 1.27 bits per heavy atom. The van der Waals surface area contributed by atoms with E-state index in [1.807, 2.05) is 0 Å². The smallest absolute Gasteiger partial charge is 0.435 e. The van der Waals surface area contributed by atoms with E-state index in [2.05, 4.69) is 15.2 Å². The zero-order valence-corrected chi connectivity index (χ0v) is 16.2. The summed E-state index contributed by atoms with van der Waals surface area (Å²) in [5, 5.41) is 6.24. The van der Waals surface area contributed by atoms with Crippen LogP contribution in [0.15, 0.2) is 24.3 Å². The number of halogens is 5. The first kappa shape index (κ1) is 21.8. The van der Waals surface area contributed by atoms with Gasteiger partial charge in [0.25, 0.3) is 0 Å². The predicted octanol–water partition coefficient (Wildman–Crippen LogP) is 4.66. The molecule has 0 bridgehead atoms. The third kappa shape index (κ3) is 5.19. The number of methoxy groups -OCH3 is 1. The Hall–Kier alpha value is -2.85. The molecule has 1 unspecified atom stereocenters.